The molecule has 0 heterocycles. The number of rotatable bonds is 2. The van der Waals surface area contributed by atoms with Gasteiger partial charge >= 0.3 is 0 Å². The topological polar surface area (TPSA) is 17.1 Å². The number of carbonyl (C=O) groups excluding carboxylic acids is 1. The second kappa shape index (κ2) is 4.78. The highest BCUT2D eigenvalue weighted by atomic mass is 79.9. The number of carbonyl (C=O) groups is 1. The van der Waals surface area contributed by atoms with E-state index >= 15 is 0 Å². The highest BCUT2D eigenvalue weighted by Gasteiger charge is 2.19. The Balaban J connectivity index is 3.20. The van der Waals surface area contributed by atoms with Gasteiger partial charge in [0.25, 0.3) is 0 Å². The second-order valence-corrected chi connectivity index (χ2v) is 6.14. The number of alkyl halides is 2. The van der Waals surface area contributed by atoms with Crippen molar-refractivity contribution in [1.82, 2.24) is 0 Å². The van der Waals surface area contributed by atoms with Gasteiger partial charge in [-0.2, -0.15) is 0 Å². The standard InChI is InChI=1S/C8H4Br2Cl2O/c9-8(10)7(13)6-4(11)2-1-3-5(6)12/h1-3,8H. The molecule has 5 heteroatoms. The molecule has 0 amide bonds. The van der Waals surface area contributed by atoms with E-state index in [0.29, 0.717) is 15.6 Å². The highest BCUT2D eigenvalue weighted by molar-refractivity contribution is 9.25. The van der Waals surface area contributed by atoms with Crippen LogP contribution in [-0.4, -0.2) is 9.52 Å². The van der Waals surface area contributed by atoms with E-state index in [-0.39, 0.29) is 5.78 Å². The Kier molecular flexibility index (Phi) is 4.23. The lowest BCUT2D eigenvalue weighted by atomic mass is 10.1. The Labute approximate surface area is 103 Å². The van der Waals surface area contributed by atoms with Crippen molar-refractivity contribution >= 4 is 60.8 Å². The zero-order valence-electron chi connectivity index (χ0n) is 6.23. The smallest absolute Gasteiger partial charge is 0.190 e. The van der Waals surface area contributed by atoms with Crippen LogP contribution in [0, 0.1) is 0 Å². The summed E-state index contributed by atoms with van der Waals surface area (Å²) in [6.07, 6.45) is 0. The van der Waals surface area contributed by atoms with Crippen molar-refractivity contribution in [2.75, 3.05) is 0 Å². The van der Waals surface area contributed by atoms with Crippen LogP contribution in [0.5, 0.6) is 0 Å². The van der Waals surface area contributed by atoms with Crippen LogP contribution in [0.3, 0.4) is 0 Å². The van der Waals surface area contributed by atoms with Crippen molar-refractivity contribution < 1.29 is 4.79 Å². The zero-order valence-corrected chi connectivity index (χ0v) is 10.9. The number of hydrogen-bond donors (Lipinski definition) is 0. The van der Waals surface area contributed by atoms with Crippen molar-refractivity contribution in [1.29, 1.82) is 0 Å². The van der Waals surface area contributed by atoms with Crippen molar-refractivity contribution in [3.05, 3.63) is 33.8 Å². The van der Waals surface area contributed by atoms with Crippen molar-refractivity contribution in [2.45, 2.75) is 3.74 Å². The van der Waals surface area contributed by atoms with Gasteiger partial charge in [-0.1, -0.05) is 61.1 Å². The van der Waals surface area contributed by atoms with Gasteiger partial charge in [-0.3, -0.25) is 4.79 Å². The summed E-state index contributed by atoms with van der Waals surface area (Å²) in [4.78, 5) is 11.5. The summed E-state index contributed by atoms with van der Waals surface area (Å²) < 4.78 is -0.461. The molecule has 0 aliphatic carbocycles. The maximum Gasteiger partial charge on any atom is 0.190 e. The van der Waals surface area contributed by atoms with Crippen LogP contribution in [-0.2, 0) is 0 Å². The maximum atomic E-state index is 11.5. The zero-order chi connectivity index (χ0) is 10.0. The predicted octanol–water partition coefficient (Wildman–Crippen LogP) is 4.29. The molecule has 0 aromatic heterocycles. The average molecular weight is 347 g/mol. The van der Waals surface area contributed by atoms with Gasteiger partial charge in [0.15, 0.2) is 5.78 Å². The maximum absolute atomic E-state index is 11.5. The van der Waals surface area contributed by atoms with E-state index in [1.54, 1.807) is 18.2 Å². The van der Waals surface area contributed by atoms with Gasteiger partial charge in [-0.25, -0.2) is 0 Å². The third-order valence-corrected chi connectivity index (χ3v) is 2.87. The first-order valence-corrected chi connectivity index (χ1v) is 5.89. The minimum Gasteiger partial charge on any atom is -0.292 e. The largest absolute Gasteiger partial charge is 0.292 e. The van der Waals surface area contributed by atoms with E-state index in [2.05, 4.69) is 31.9 Å². The summed E-state index contributed by atoms with van der Waals surface area (Å²) in [6.45, 7) is 0. The van der Waals surface area contributed by atoms with Crippen molar-refractivity contribution in [3.8, 4) is 0 Å². The quantitative estimate of drug-likeness (QED) is 0.576. The van der Waals surface area contributed by atoms with Crippen molar-refractivity contribution in [2.24, 2.45) is 0 Å². The fourth-order valence-corrected chi connectivity index (χ4v) is 1.88. The molecule has 0 saturated carbocycles. The molecule has 0 N–H and O–H groups in total. The Hall–Kier alpha value is 0.430. The lowest BCUT2D eigenvalue weighted by molar-refractivity contribution is 0.101. The van der Waals surface area contributed by atoms with Crippen LogP contribution in [0.15, 0.2) is 18.2 Å². The second-order valence-electron chi connectivity index (χ2n) is 2.26. The lowest BCUT2D eigenvalue weighted by Crippen LogP contribution is -2.08. The fourth-order valence-electron chi connectivity index (χ4n) is 0.842. The van der Waals surface area contributed by atoms with Crippen LogP contribution in [0.4, 0.5) is 0 Å². The van der Waals surface area contributed by atoms with Crippen LogP contribution in [0.2, 0.25) is 10.0 Å². The molecule has 70 valence electrons. The summed E-state index contributed by atoms with van der Waals surface area (Å²) in [5.41, 5.74) is 0.338. The van der Waals surface area contributed by atoms with Crippen LogP contribution < -0.4 is 0 Å². The number of benzene rings is 1. The molecule has 0 radical (unpaired) electrons. The van der Waals surface area contributed by atoms with E-state index in [9.17, 15) is 4.79 Å². The third kappa shape index (κ3) is 2.69. The Morgan fingerprint density at radius 2 is 1.69 bits per heavy atom. The Bertz CT molecular complexity index is 319. The van der Waals surface area contributed by atoms with E-state index in [0.717, 1.165) is 0 Å². The van der Waals surface area contributed by atoms with Gasteiger partial charge in [-0.15, -0.1) is 0 Å². The molecule has 0 fully saturated rings. The van der Waals surface area contributed by atoms with E-state index in [1.165, 1.54) is 0 Å². The predicted molar refractivity (Wildman–Crippen MR) is 62.4 cm³/mol. The van der Waals surface area contributed by atoms with Gasteiger partial charge < -0.3 is 0 Å². The Morgan fingerprint density at radius 3 is 2.08 bits per heavy atom. The summed E-state index contributed by atoms with van der Waals surface area (Å²) in [7, 11) is 0. The number of hydrogen-bond acceptors (Lipinski definition) is 1. The molecule has 1 rings (SSSR count). The van der Waals surface area contributed by atoms with Crippen LogP contribution in [0.1, 0.15) is 10.4 Å². The molecule has 0 aliphatic heterocycles. The molecule has 0 atom stereocenters. The third-order valence-electron chi connectivity index (χ3n) is 1.41. The summed E-state index contributed by atoms with van der Waals surface area (Å²) in [5, 5.41) is 0.725. The molecule has 0 spiro atoms. The molecule has 0 bridgehead atoms. The molecule has 1 aromatic rings. The van der Waals surface area contributed by atoms with Crippen LogP contribution >= 0.6 is 55.1 Å². The van der Waals surface area contributed by atoms with Gasteiger partial charge in [0.2, 0.25) is 0 Å². The molecular weight excluding hydrogens is 343 g/mol. The Morgan fingerprint density at radius 1 is 1.23 bits per heavy atom. The molecule has 0 unspecified atom stereocenters. The van der Waals surface area contributed by atoms with E-state index < -0.39 is 3.74 Å². The van der Waals surface area contributed by atoms with Crippen LogP contribution in [0.25, 0.3) is 0 Å². The summed E-state index contributed by atoms with van der Waals surface area (Å²) in [5.74, 6) is -0.185. The first-order chi connectivity index (χ1) is 6.04. The van der Waals surface area contributed by atoms with E-state index in [1.807, 2.05) is 0 Å². The molecule has 1 aromatic carbocycles. The molecule has 0 aliphatic rings. The van der Waals surface area contributed by atoms with Gasteiger partial charge in [-0.05, 0) is 12.1 Å². The summed E-state index contributed by atoms with van der Waals surface area (Å²) >= 11 is 17.8. The van der Waals surface area contributed by atoms with Crippen molar-refractivity contribution in [3.63, 3.8) is 0 Å². The first-order valence-electron chi connectivity index (χ1n) is 3.30. The van der Waals surface area contributed by atoms with Gasteiger partial charge in [0.05, 0.1) is 15.6 Å². The number of halogens is 4. The minimum absolute atomic E-state index is 0.185. The van der Waals surface area contributed by atoms with Gasteiger partial charge in [0.1, 0.15) is 3.74 Å². The monoisotopic (exact) mass is 344 g/mol. The molecular formula is C8H4Br2Cl2O. The number of ketones is 1. The minimum atomic E-state index is -0.461. The molecule has 0 saturated heterocycles. The highest BCUT2D eigenvalue weighted by Crippen LogP contribution is 2.28. The average Bonchev–Trinajstić information content (AvgIpc) is 2.03. The first kappa shape index (κ1) is 11.5. The summed E-state index contributed by atoms with van der Waals surface area (Å²) in [6, 6.07) is 4.95. The van der Waals surface area contributed by atoms with Gasteiger partial charge in [0, 0.05) is 0 Å². The number of Topliss-reactive ketones (excluding diaryl/α,β-unsaturated/α-hetero) is 1. The molecule has 13 heavy (non-hydrogen) atoms. The lowest BCUT2D eigenvalue weighted by Gasteiger charge is -2.05. The molecule has 1 nitrogen and oxygen atoms in total. The normalized spacial score (nSPS) is 10.5. The SMILES string of the molecule is O=C(c1c(Cl)cccc1Cl)C(Br)Br. The van der Waals surface area contributed by atoms with E-state index in [4.69, 9.17) is 23.2 Å². The fraction of sp³-hybridized carbons (Fsp3) is 0.125.